The van der Waals surface area contributed by atoms with Crippen LogP contribution in [0.3, 0.4) is 0 Å². The Kier molecular flexibility index (Phi) is 1.96. The molecule has 5 heteroatoms. The maximum Gasteiger partial charge on any atom is 0.160 e. The van der Waals surface area contributed by atoms with Gasteiger partial charge in [0.15, 0.2) is 16.8 Å². The van der Waals surface area contributed by atoms with Crippen molar-refractivity contribution in [3.05, 3.63) is 18.0 Å². The van der Waals surface area contributed by atoms with Gasteiger partial charge in [-0.15, -0.1) is 0 Å². The first-order chi connectivity index (χ1) is 4.29. The fourth-order valence-corrected chi connectivity index (χ4v) is 0.831. The molecule has 0 aliphatic rings. The lowest BCUT2D eigenvalue weighted by molar-refractivity contribution is 0.392. The number of aromatic nitrogens is 1. The van der Waals surface area contributed by atoms with Gasteiger partial charge in [0, 0.05) is 6.07 Å². The minimum Gasteiger partial charge on any atom is -0.360 e. The molecule has 4 nitrogen and oxygen atoms in total. The molecule has 1 aromatic rings. The van der Waals surface area contributed by atoms with Crippen LogP contribution >= 0.6 is 0 Å². The van der Waals surface area contributed by atoms with E-state index in [2.05, 4.69) is 9.68 Å². The number of rotatable bonds is 2. The summed E-state index contributed by atoms with van der Waals surface area (Å²) in [6.07, 6.45) is 1.43. The second-order valence-corrected chi connectivity index (χ2v) is 2.38. The molecule has 1 heterocycles. The maximum absolute atomic E-state index is 10.1. The topological polar surface area (TPSA) is 63.3 Å². The third-order valence-corrected chi connectivity index (χ3v) is 1.29. The Balaban J connectivity index is 2.58. The molecule has 0 aliphatic carbocycles. The standard InChI is InChI=1S/C4H5NO3S/c6-9(7)3-4-1-2-5-8-4/h1-2H,3H2,(H,6,7). The molecule has 0 aliphatic heterocycles. The van der Waals surface area contributed by atoms with E-state index in [4.69, 9.17) is 4.55 Å². The predicted octanol–water partition coefficient (Wildman–Crippen LogP) is 0.396. The Hall–Kier alpha value is -0.680. The lowest BCUT2D eigenvalue weighted by Gasteiger charge is -1.84. The highest BCUT2D eigenvalue weighted by Crippen LogP contribution is 1.98. The van der Waals surface area contributed by atoms with Crippen molar-refractivity contribution < 1.29 is 13.3 Å². The van der Waals surface area contributed by atoms with Crippen LogP contribution in [0.5, 0.6) is 0 Å². The summed E-state index contributed by atoms with van der Waals surface area (Å²) in [6.45, 7) is 0. The molecule has 1 aromatic heterocycles. The molecule has 0 saturated heterocycles. The lowest BCUT2D eigenvalue weighted by Crippen LogP contribution is -1.89. The summed E-state index contributed by atoms with van der Waals surface area (Å²) in [5.74, 6) is 0.441. The zero-order valence-corrected chi connectivity index (χ0v) is 5.30. The molecule has 9 heavy (non-hydrogen) atoms. The van der Waals surface area contributed by atoms with Crippen LogP contribution in [0.25, 0.3) is 0 Å². The zero-order valence-electron chi connectivity index (χ0n) is 4.48. The predicted molar refractivity (Wildman–Crippen MR) is 31.0 cm³/mol. The molecule has 1 unspecified atom stereocenters. The first kappa shape index (κ1) is 6.44. The molecule has 0 fully saturated rings. The van der Waals surface area contributed by atoms with Crippen molar-refractivity contribution in [2.45, 2.75) is 5.75 Å². The minimum absolute atomic E-state index is 0.0139. The fourth-order valence-electron chi connectivity index (χ4n) is 0.438. The molecule has 0 radical (unpaired) electrons. The van der Waals surface area contributed by atoms with Crippen LogP contribution in [0.2, 0.25) is 0 Å². The Bertz CT molecular complexity index is 196. The molecule has 50 valence electrons. The van der Waals surface area contributed by atoms with E-state index in [9.17, 15) is 4.21 Å². The molecular weight excluding hydrogens is 142 g/mol. The summed E-state index contributed by atoms with van der Waals surface area (Å²) in [5, 5.41) is 3.35. The molecule has 1 atom stereocenters. The average Bonchev–Trinajstić information content (AvgIpc) is 2.15. The number of hydrogen-bond acceptors (Lipinski definition) is 3. The Labute approximate surface area is 54.1 Å². The molecule has 0 amide bonds. The van der Waals surface area contributed by atoms with Gasteiger partial charge in [0.05, 0.1) is 6.20 Å². The zero-order chi connectivity index (χ0) is 6.69. The quantitative estimate of drug-likeness (QED) is 0.615. The highest BCUT2D eigenvalue weighted by Gasteiger charge is 1.99. The van der Waals surface area contributed by atoms with Crippen molar-refractivity contribution in [3.8, 4) is 0 Å². The van der Waals surface area contributed by atoms with Gasteiger partial charge in [0.2, 0.25) is 0 Å². The van der Waals surface area contributed by atoms with Gasteiger partial charge in [-0.25, -0.2) is 4.21 Å². The van der Waals surface area contributed by atoms with Gasteiger partial charge in [-0.3, -0.25) is 0 Å². The summed E-state index contributed by atoms with van der Waals surface area (Å²) >= 11 is -1.83. The maximum atomic E-state index is 10.1. The van der Waals surface area contributed by atoms with Gasteiger partial charge in [-0.05, 0) is 0 Å². The molecule has 0 saturated carbocycles. The van der Waals surface area contributed by atoms with E-state index >= 15 is 0 Å². The van der Waals surface area contributed by atoms with E-state index in [1.807, 2.05) is 0 Å². The van der Waals surface area contributed by atoms with Crippen molar-refractivity contribution in [2.24, 2.45) is 0 Å². The first-order valence-corrected chi connectivity index (χ1v) is 3.53. The Morgan fingerprint density at radius 2 is 2.67 bits per heavy atom. The average molecular weight is 147 g/mol. The summed E-state index contributed by atoms with van der Waals surface area (Å²) in [5.41, 5.74) is 0. The van der Waals surface area contributed by atoms with Gasteiger partial charge >= 0.3 is 0 Å². The van der Waals surface area contributed by atoms with Crippen LogP contribution in [-0.4, -0.2) is 13.9 Å². The fraction of sp³-hybridized carbons (Fsp3) is 0.250. The highest BCUT2D eigenvalue weighted by atomic mass is 32.2. The van der Waals surface area contributed by atoms with E-state index in [-0.39, 0.29) is 5.75 Å². The molecule has 1 rings (SSSR count). The van der Waals surface area contributed by atoms with Crippen molar-refractivity contribution in [1.29, 1.82) is 0 Å². The van der Waals surface area contributed by atoms with Crippen molar-refractivity contribution >= 4 is 11.1 Å². The first-order valence-electron chi connectivity index (χ1n) is 2.26. The molecule has 0 spiro atoms. The van der Waals surface area contributed by atoms with Crippen molar-refractivity contribution in [3.63, 3.8) is 0 Å². The molecule has 0 aromatic carbocycles. The molecular formula is C4H5NO3S. The van der Waals surface area contributed by atoms with Crippen LogP contribution in [0.15, 0.2) is 16.8 Å². The largest absolute Gasteiger partial charge is 0.360 e. The van der Waals surface area contributed by atoms with Gasteiger partial charge in [-0.2, -0.15) is 0 Å². The van der Waals surface area contributed by atoms with Crippen LogP contribution in [-0.2, 0) is 16.8 Å². The highest BCUT2D eigenvalue weighted by molar-refractivity contribution is 7.78. The Morgan fingerprint density at radius 3 is 3.11 bits per heavy atom. The molecule has 0 bridgehead atoms. The van der Waals surface area contributed by atoms with Gasteiger partial charge in [0.1, 0.15) is 5.75 Å². The van der Waals surface area contributed by atoms with Crippen molar-refractivity contribution in [1.82, 2.24) is 5.16 Å². The van der Waals surface area contributed by atoms with E-state index in [1.54, 1.807) is 6.07 Å². The third-order valence-electron chi connectivity index (χ3n) is 0.757. The van der Waals surface area contributed by atoms with Crippen LogP contribution in [0.4, 0.5) is 0 Å². The van der Waals surface area contributed by atoms with Crippen LogP contribution in [0, 0.1) is 0 Å². The van der Waals surface area contributed by atoms with E-state index in [0.29, 0.717) is 5.76 Å². The lowest BCUT2D eigenvalue weighted by atomic mass is 10.5. The van der Waals surface area contributed by atoms with E-state index in [1.165, 1.54) is 6.20 Å². The van der Waals surface area contributed by atoms with Gasteiger partial charge in [0.25, 0.3) is 0 Å². The van der Waals surface area contributed by atoms with E-state index in [0.717, 1.165) is 0 Å². The number of nitrogens with zero attached hydrogens (tertiary/aromatic N) is 1. The van der Waals surface area contributed by atoms with Crippen LogP contribution in [0.1, 0.15) is 5.76 Å². The molecule has 1 N–H and O–H groups in total. The summed E-state index contributed by atoms with van der Waals surface area (Å²) in [4.78, 5) is 0. The minimum atomic E-state index is -1.83. The third kappa shape index (κ3) is 1.95. The van der Waals surface area contributed by atoms with Gasteiger partial charge in [-0.1, -0.05) is 5.16 Å². The summed E-state index contributed by atoms with van der Waals surface area (Å²) in [6, 6.07) is 1.55. The normalized spacial score (nSPS) is 13.4. The van der Waals surface area contributed by atoms with E-state index < -0.39 is 11.1 Å². The second-order valence-electron chi connectivity index (χ2n) is 1.44. The monoisotopic (exact) mass is 147 g/mol. The smallest absolute Gasteiger partial charge is 0.160 e. The number of hydrogen-bond donors (Lipinski definition) is 1. The SMILES string of the molecule is O=S(O)Cc1ccno1. The second kappa shape index (κ2) is 2.75. The summed E-state index contributed by atoms with van der Waals surface area (Å²) < 4.78 is 22.9. The Morgan fingerprint density at radius 1 is 1.89 bits per heavy atom. The van der Waals surface area contributed by atoms with Gasteiger partial charge < -0.3 is 9.08 Å². The van der Waals surface area contributed by atoms with Crippen molar-refractivity contribution in [2.75, 3.05) is 0 Å². The van der Waals surface area contributed by atoms with Crippen LogP contribution < -0.4 is 0 Å². The summed E-state index contributed by atoms with van der Waals surface area (Å²) in [7, 11) is 0.